The summed E-state index contributed by atoms with van der Waals surface area (Å²) in [6.45, 7) is 3.25. The minimum absolute atomic E-state index is 0.000171. The third kappa shape index (κ3) is 2.62. The van der Waals surface area contributed by atoms with Gasteiger partial charge < -0.3 is 9.72 Å². The third-order valence-electron chi connectivity index (χ3n) is 2.66. The third-order valence-corrected chi connectivity index (χ3v) is 2.99. The van der Waals surface area contributed by atoms with Gasteiger partial charge in [-0.1, -0.05) is 11.6 Å². The van der Waals surface area contributed by atoms with Crippen LogP contribution < -0.4 is 10.3 Å². The molecule has 1 N–H and O–H groups in total. The van der Waals surface area contributed by atoms with Crippen LogP contribution in [0, 0.1) is 24.0 Å². The van der Waals surface area contributed by atoms with Gasteiger partial charge in [-0.05, 0) is 25.5 Å². The van der Waals surface area contributed by atoms with Gasteiger partial charge in [0.25, 0.3) is 11.2 Å². The highest BCUT2D eigenvalue weighted by atomic mass is 35.5. The Balaban J connectivity index is 2.45. The summed E-state index contributed by atoms with van der Waals surface area (Å²) in [5, 5.41) is 10.7. The maximum atomic E-state index is 11.3. The SMILES string of the molecule is Cc1cc([N+](=O)[O-])c(C)cc1Oc1nc[nH]c(=O)c1Cl. The molecule has 1 aromatic carbocycles. The van der Waals surface area contributed by atoms with E-state index in [-0.39, 0.29) is 16.6 Å². The number of nitro benzene ring substituents is 1. The molecule has 0 aliphatic heterocycles. The Morgan fingerprint density at radius 3 is 2.70 bits per heavy atom. The lowest BCUT2D eigenvalue weighted by molar-refractivity contribution is -0.385. The number of hydrogen-bond donors (Lipinski definition) is 1. The molecule has 0 amide bonds. The van der Waals surface area contributed by atoms with Crippen molar-refractivity contribution < 1.29 is 9.66 Å². The molecule has 1 heterocycles. The largest absolute Gasteiger partial charge is 0.437 e. The summed E-state index contributed by atoms with van der Waals surface area (Å²) < 4.78 is 5.45. The van der Waals surface area contributed by atoms with Crippen molar-refractivity contribution in [3.05, 3.63) is 55.1 Å². The van der Waals surface area contributed by atoms with Gasteiger partial charge in [0.2, 0.25) is 5.88 Å². The number of nitro groups is 1. The van der Waals surface area contributed by atoms with Crippen LogP contribution in [0.4, 0.5) is 5.69 Å². The quantitative estimate of drug-likeness (QED) is 0.693. The fraction of sp³-hybridized carbons (Fsp3) is 0.167. The Kier molecular flexibility index (Phi) is 3.71. The number of H-pyrrole nitrogens is 1. The van der Waals surface area contributed by atoms with E-state index in [1.807, 2.05) is 0 Å². The lowest BCUT2D eigenvalue weighted by Crippen LogP contribution is -2.08. The predicted octanol–water partition coefficient (Wildman–Crippen LogP) is 2.74. The lowest BCUT2D eigenvalue weighted by Gasteiger charge is -2.09. The van der Waals surface area contributed by atoms with Crippen molar-refractivity contribution >= 4 is 17.3 Å². The predicted molar refractivity (Wildman–Crippen MR) is 72.5 cm³/mol. The molecule has 0 saturated heterocycles. The minimum Gasteiger partial charge on any atom is -0.437 e. The topological polar surface area (TPSA) is 98.1 Å². The summed E-state index contributed by atoms with van der Waals surface area (Å²) >= 11 is 5.78. The van der Waals surface area contributed by atoms with Crippen LogP contribution in [0.1, 0.15) is 11.1 Å². The van der Waals surface area contributed by atoms with E-state index in [0.717, 1.165) is 6.33 Å². The van der Waals surface area contributed by atoms with Gasteiger partial charge in [-0.3, -0.25) is 14.9 Å². The molecule has 2 rings (SSSR count). The first-order valence-electron chi connectivity index (χ1n) is 5.57. The van der Waals surface area contributed by atoms with Crippen molar-refractivity contribution in [2.75, 3.05) is 0 Å². The number of rotatable bonds is 3. The summed E-state index contributed by atoms with van der Waals surface area (Å²) in [7, 11) is 0. The number of ether oxygens (including phenoxy) is 1. The molecule has 0 spiro atoms. The van der Waals surface area contributed by atoms with E-state index in [1.54, 1.807) is 13.8 Å². The van der Waals surface area contributed by atoms with E-state index in [4.69, 9.17) is 16.3 Å². The average molecular weight is 296 g/mol. The van der Waals surface area contributed by atoms with Crippen molar-refractivity contribution in [3.63, 3.8) is 0 Å². The van der Waals surface area contributed by atoms with Gasteiger partial charge in [-0.15, -0.1) is 0 Å². The summed E-state index contributed by atoms with van der Waals surface area (Å²) in [5.74, 6) is 0.305. The maximum absolute atomic E-state index is 11.3. The zero-order valence-corrected chi connectivity index (χ0v) is 11.4. The van der Waals surface area contributed by atoms with E-state index in [0.29, 0.717) is 16.9 Å². The van der Waals surface area contributed by atoms with Crippen LogP contribution in [0.2, 0.25) is 5.02 Å². The van der Waals surface area contributed by atoms with Crippen LogP contribution in [-0.4, -0.2) is 14.9 Å². The zero-order chi connectivity index (χ0) is 14.9. The molecule has 8 heteroatoms. The van der Waals surface area contributed by atoms with Crippen LogP contribution in [-0.2, 0) is 0 Å². The van der Waals surface area contributed by atoms with Gasteiger partial charge in [-0.2, -0.15) is 0 Å². The van der Waals surface area contributed by atoms with E-state index >= 15 is 0 Å². The molecule has 0 unspecified atom stereocenters. The van der Waals surface area contributed by atoms with Gasteiger partial charge in [0.15, 0.2) is 5.02 Å². The summed E-state index contributed by atoms with van der Waals surface area (Å²) in [4.78, 5) is 27.8. The fourth-order valence-electron chi connectivity index (χ4n) is 1.62. The van der Waals surface area contributed by atoms with Crippen molar-refractivity contribution in [3.8, 4) is 11.6 Å². The first kappa shape index (κ1) is 14.0. The highest BCUT2D eigenvalue weighted by molar-refractivity contribution is 6.31. The standard InChI is InChI=1S/C12H10ClN3O4/c1-6-4-9(7(2)3-8(6)16(18)19)20-12-10(13)11(17)14-5-15-12/h3-5H,1-2H3,(H,14,15,17). The van der Waals surface area contributed by atoms with E-state index in [1.165, 1.54) is 12.1 Å². The van der Waals surface area contributed by atoms with Gasteiger partial charge in [0.05, 0.1) is 11.3 Å². The second kappa shape index (κ2) is 5.30. The molecule has 0 radical (unpaired) electrons. The Bertz CT molecular complexity index is 742. The molecule has 0 atom stereocenters. The second-order valence-electron chi connectivity index (χ2n) is 4.11. The number of nitrogens with zero attached hydrogens (tertiary/aromatic N) is 2. The van der Waals surface area contributed by atoms with Crippen LogP contribution in [0.5, 0.6) is 11.6 Å². The molecule has 0 bridgehead atoms. The Morgan fingerprint density at radius 2 is 2.05 bits per heavy atom. The monoisotopic (exact) mass is 295 g/mol. The molecule has 7 nitrogen and oxygen atoms in total. The molecular weight excluding hydrogens is 286 g/mol. The van der Waals surface area contributed by atoms with Gasteiger partial charge in [0, 0.05) is 11.6 Å². The molecule has 0 aliphatic carbocycles. The molecule has 0 aliphatic rings. The van der Waals surface area contributed by atoms with Crippen molar-refractivity contribution in [2.24, 2.45) is 0 Å². The van der Waals surface area contributed by atoms with Crippen LogP contribution in [0.25, 0.3) is 0 Å². The summed E-state index contributed by atoms with van der Waals surface area (Å²) in [6, 6.07) is 2.90. The first-order valence-corrected chi connectivity index (χ1v) is 5.94. The smallest absolute Gasteiger partial charge is 0.273 e. The number of aryl methyl sites for hydroxylation is 2. The van der Waals surface area contributed by atoms with Gasteiger partial charge in [0.1, 0.15) is 5.75 Å². The van der Waals surface area contributed by atoms with Crippen molar-refractivity contribution in [2.45, 2.75) is 13.8 Å². The Hall–Kier alpha value is -2.41. The number of nitrogens with one attached hydrogen (secondary N) is 1. The number of halogens is 1. The number of hydrogen-bond acceptors (Lipinski definition) is 5. The molecule has 0 saturated carbocycles. The first-order chi connectivity index (χ1) is 9.40. The van der Waals surface area contributed by atoms with Crippen molar-refractivity contribution in [1.82, 2.24) is 9.97 Å². The molecule has 104 valence electrons. The minimum atomic E-state index is -0.520. The van der Waals surface area contributed by atoms with E-state index < -0.39 is 10.5 Å². The second-order valence-corrected chi connectivity index (χ2v) is 4.49. The number of benzene rings is 1. The molecule has 0 fully saturated rings. The van der Waals surface area contributed by atoms with E-state index in [2.05, 4.69) is 9.97 Å². The lowest BCUT2D eigenvalue weighted by atomic mass is 10.1. The van der Waals surface area contributed by atoms with E-state index in [9.17, 15) is 14.9 Å². The van der Waals surface area contributed by atoms with Crippen LogP contribution >= 0.6 is 11.6 Å². The van der Waals surface area contributed by atoms with Crippen molar-refractivity contribution in [1.29, 1.82) is 0 Å². The van der Waals surface area contributed by atoms with Crippen LogP contribution in [0.15, 0.2) is 23.3 Å². The summed E-state index contributed by atoms with van der Waals surface area (Å²) in [5.41, 5.74) is 0.463. The number of aromatic amines is 1. The number of aromatic nitrogens is 2. The zero-order valence-electron chi connectivity index (χ0n) is 10.6. The highest BCUT2D eigenvalue weighted by Crippen LogP contribution is 2.31. The molecule has 20 heavy (non-hydrogen) atoms. The molecular formula is C12H10ClN3O4. The summed E-state index contributed by atoms with van der Waals surface area (Å²) in [6.07, 6.45) is 1.16. The Morgan fingerprint density at radius 1 is 1.35 bits per heavy atom. The van der Waals surface area contributed by atoms with Crippen LogP contribution in [0.3, 0.4) is 0 Å². The van der Waals surface area contributed by atoms with Gasteiger partial charge in [-0.25, -0.2) is 4.98 Å². The van der Waals surface area contributed by atoms with Gasteiger partial charge >= 0.3 is 0 Å². The normalized spacial score (nSPS) is 10.3. The molecule has 2 aromatic rings. The maximum Gasteiger partial charge on any atom is 0.273 e. The average Bonchev–Trinajstić information content (AvgIpc) is 2.38. The fourth-order valence-corrected chi connectivity index (χ4v) is 1.77. The molecule has 1 aromatic heterocycles. The Labute approximate surface area is 118 Å². The highest BCUT2D eigenvalue weighted by Gasteiger charge is 2.16.